The van der Waals surface area contributed by atoms with Gasteiger partial charge < -0.3 is 15.2 Å². The summed E-state index contributed by atoms with van der Waals surface area (Å²) in [5.41, 5.74) is 6.81. The number of aromatic amines is 1. The van der Waals surface area contributed by atoms with Crippen LogP contribution in [-0.2, 0) is 0 Å². The summed E-state index contributed by atoms with van der Waals surface area (Å²) in [7, 11) is 2.19. The highest BCUT2D eigenvalue weighted by molar-refractivity contribution is 6.10. The van der Waals surface area contributed by atoms with E-state index in [0.717, 1.165) is 76.8 Å². The van der Waals surface area contributed by atoms with Gasteiger partial charge in [0.25, 0.3) is 0 Å². The summed E-state index contributed by atoms with van der Waals surface area (Å²) in [6, 6.07) is 12.6. The molecule has 1 aliphatic heterocycles. The minimum absolute atomic E-state index is 0.165. The number of nitrogens with zero attached hydrogens (tertiary/aromatic N) is 3. The smallest absolute Gasteiger partial charge is 0.169 e. The van der Waals surface area contributed by atoms with E-state index in [-0.39, 0.29) is 11.7 Å². The van der Waals surface area contributed by atoms with Crippen LogP contribution in [0.5, 0.6) is 0 Å². The summed E-state index contributed by atoms with van der Waals surface area (Å²) >= 11 is 0. The van der Waals surface area contributed by atoms with Crippen LogP contribution in [0, 0.1) is 11.8 Å². The van der Waals surface area contributed by atoms with Crippen LogP contribution in [0.25, 0.3) is 33.1 Å². The lowest BCUT2D eigenvalue weighted by atomic mass is 9.95. The van der Waals surface area contributed by atoms with Crippen molar-refractivity contribution in [2.24, 2.45) is 11.8 Å². The maximum atomic E-state index is 13.1. The summed E-state index contributed by atoms with van der Waals surface area (Å²) in [6.07, 6.45) is 7.87. The molecule has 0 atom stereocenters. The number of pyridine rings is 1. The monoisotopic (exact) mass is 439 g/mol. The molecule has 2 aromatic heterocycles. The number of aromatic nitrogens is 3. The molecule has 1 saturated heterocycles. The minimum Gasteiger partial charge on any atom is -0.384 e. The van der Waals surface area contributed by atoms with Gasteiger partial charge in [-0.25, -0.2) is 4.98 Å². The normalized spacial score (nSPS) is 17.6. The van der Waals surface area contributed by atoms with Crippen molar-refractivity contribution in [1.29, 1.82) is 0 Å². The Balaban J connectivity index is 1.40. The lowest BCUT2D eigenvalue weighted by molar-refractivity contribution is 0.0968. The van der Waals surface area contributed by atoms with Gasteiger partial charge in [-0.3, -0.25) is 9.78 Å². The third-order valence-corrected chi connectivity index (χ3v) is 7.24. The van der Waals surface area contributed by atoms with Gasteiger partial charge in [-0.15, -0.1) is 0 Å². The number of likely N-dealkylation sites (tertiary alicyclic amines) is 1. The number of carbonyl (C=O) groups is 1. The second kappa shape index (κ2) is 8.27. The topological polar surface area (TPSA) is 73.9 Å². The van der Waals surface area contributed by atoms with Gasteiger partial charge in [-0.1, -0.05) is 12.1 Å². The Morgan fingerprint density at radius 3 is 2.64 bits per heavy atom. The van der Waals surface area contributed by atoms with Crippen LogP contribution in [0.4, 0.5) is 5.69 Å². The standard InChI is InChI=1S/C27H29N5O/c1-32-10-8-17(9-11-32)14-29-26-21-12-19(20-5-7-24-25(13-20)31-16-30-24)4-6-23(21)28-15-22(26)27(33)18-2-3-18/h4-7,12-13,15-18H,2-3,8-11,14H2,1H3,(H,28,29)(H,30,31). The van der Waals surface area contributed by atoms with E-state index in [9.17, 15) is 4.79 Å². The molecule has 3 heterocycles. The number of hydrogen-bond donors (Lipinski definition) is 2. The molecule has 1 aliphatic carbocycles. The molecule has 0 spiro atoms. The van der Waals surface area contributed by atoms with E-state index < -0.39 is 0 Å². The van der Waals surface area contributed by atoms with Gasteiger partial charge in [0.05, 0.1) is 34.1 Å². The Hall–Kier alpha value is -3.25. The lowest BCUT2D eigenvalue weighted by Gasteiger charge is -2.29. The van der Waals surface area contributed by atoms with Crippen LogP contribution in [0.3, 0.4) is 0 Å². The van der Waals surface area contributed by atoms with E-state index in [1.165, 1.54) is 12.8 Å². The summed E-state index contributed by atoms with van der Waals surface area (Å²) in [4.78, 5) is 27.8. The first-order chi connectivity index (χ1) is 16.2. The fraction of sp³-hybridized carbons (Fsp3) is 0.370. The number of Topliss-reactive ketones (excluding diaryl/α,β-unsaturated/α-hetero) is 1. The Labute approximate surface area is 193 Å². The van der Waals surface area contributed by atoms with Crippen molar-refractivity contribution in [1.82, 2.24) is 19.9 Å². The van der Waals surface area contributed by atoms with Crippen LogP contribution >= 0.6 is 0 Å². The van der Waals surface area contributed by atoms with Crippen LogP contribution in [0.1, 0.15) is 36.0 Å². The number of piperidine rings is 1. The van der Waals surface area contributed by atoms with Gasteiger partial charge in [-0.2, -0.15) is 0 Å². The molecule has 168 valence electrons. The third kappa shape index (κ3) is 4.00. The Kier molecular flexibility index (Phi) is 5.10. The molecule has 0 radical (unpaired) electrons. The van der Waals surface area contributed by atoms with Gasteiger partial charge in [-0.05, 0) is 87.1 Å². The SMILES string of the molecule is CN1CCC(CNc2c(C(=O)C3CC3)cnc3ccc(-c4ccc5[nH]cnc5c4)cc23)CC1. The van der Waals surface area contributed by atoms with E-state index in [1.807, 2.05) is 0 Å². The van der Waals surface area contributed by atoms with Gasteiger partial charge in [0.1, 0.15) is 0 Å². The Bertz CT molecular complexity index is 1330. The maximum Gasteiger partial charge on any atom is 0.169 e. The zero-order valence-electron chi connectivity index (χ0n) is 19.0. The molecule has 2 N–H and O–H groups in total. The molecule has 0 unspecified atom stereocenters. The molecular weight excluding hydrogens is 410 g/mol. The van der Waals surface area contributed by atoms with Crippen molar-refractivity contribution in [2.75, 3.05) is 32.0 Å². The van der Waals surface area contributed by atoms with E-state index in [1.54, 1.807) is 12.5 Å². The molecule has 2 fully saturated rings. The van der Waals surface area contributed by atoms with Crippen LogP contribution in [-0.4, -0.2) is 52.3 Å². The zero-order chi connectivity index (χ0) is 22.4. The first-order valence-electron chi connectivity index (χ1n) is 12.0. The summed E-state index contributed by atoms with van der Waals surface area (Å²) in [5, 5.41) is 4.73. The predicted molar refractivity (Wildman–Crippen MR) is 133 cm³/mol. The number of anilines is 1. The van der Waals surface area contributed by atoms with Gasteiger partial charge in [0, 0.05) is 24.0 Å². The van der Waals surface area contributed by atoms with Crippen LogP contribution in [0.15, 0.2) is 48.9 Å². The number of carbonyl (C=O) groups excluding carboxylic acids is 1. The molecule has 6 rings (SSSR count). The number of rotatable bonds is 6. The number of fused-ring (bicyclic) bond motifs is 2. The molecular formula is C27H29N5O. The fourth-order valence-corrected chi connectivity index (χ4v) is 4.94. The largest absolute Gasteiger partial charge is 0.384 e. The second-order valence-electron chi connectivity index (χ2n) is 9.68. The second-order valence-corrected chi connectivity index (χ2v) is 9.68. The number of benzene rings is 2. The average Bonchev–Trinajstić information content (AvgIpc) is 3.59. The Morgan fingerprint density at radius 2 is 1.82 bits per heavy atom. The predicted octanol–water partition coefficient (Wildman–Crippen LogP) is 5.12. The number of imidazole rings is 1. The van der Waals surface area contributed by atoms with Crippen molar-refractivity contribution in [3.8, 4) is 11.1 Å². The van der Waals surface area contributed by atoms with E-state index in [0.29, 0.717) is 5.92 Å². The van der Waals surface area contributed by atoms with Crippen molar-refractivity contribution >= 4 is 33.4 Å². The molecule has 6 nitrogen and oxygen atoms in total. The average molecular weight is 440 g/mol. The summed E-state index contributed by atoms with van der Waals surface area (Å²) in [6.45, 7) is 3.16. The quantitative estimate of drug-likeness (QED) is 0.408. The highest BCUT2D eigenvalue weighted by Crippen LogP contribution is 2.38. The Morgan fingerprint density at radius 1 is 1.03 bits per heavy atom. The number of H-pyrrole nitrogens is 1. The van der Waals surface area contributed by atoms with Crippen LogP contribution < -0.4 is 5.32 Å². The fourth-order valence-electron chi connectivity index (χ4n) is 4.94. The molecule has 0 bridgehead atoms. The first-order valence-corrected chi connectivity index (χ1v) is 12.0. The highest BCUT2D eigenvalue weighted by atomic mass is 16.1. The van der Waals surface area contributed by atoms with Crippen LogP contribution in [0.2, 0.25) is 0 Å². The summed E-state index contributed by atoms with van der Waals surface area (Å²) < 4.78 is 0. The molecule has 2 aliphatic rings. The van der Waals surface area contributed by atoms with Gasteiger partial charge >= 0.3 is 0 Å². The molecule has 33 heavy (non-hydrogen) atoms. The van der Waals surface area contributed by atoms with Crippen molar-refractivity contribution in [2.45, 2.75) is 25.7 Å². The third-order valence-electron chi connectivity index (χ3n) is 7.24. The van der Waals surface area contributed by atoms with Crippen molar-refractivity contribution in [3.63, 3.8) is 0 Å². The van der Waals surface area contributed by atoms with Crippen molar-refractivity contribution in [3.05, 3.63) is 54.5 Å². The maximum absolute atomic E-state index is 13.1. The van der Waals surface area contributed by atoms with Crippen molar-refractivity contribution < 1.29 is 4.79 Å². The molecule has 6 heteroatoms. The van der Waals surface area contributed by atoms with Gasteiger partial charge in [0.15, 0.2) is 5.78 Å². The van der Waals surface area contributed by atoms with E-state index in [2.05, 4.69) is 68.6 Å². The molecule has 2 aromatic carbocycles. The number of nitrogens with one attached hydrogen (secondary N) is 2. The summed E-state index contributed by atoms with van der Waals surface area (Å²) in [5.74, 6) is 1.02. The van der Waals surface area contributed by atoms with Gasteiger partial charge in [0.2, 0.25) is 0 Å². The lowest BCUT2D eigenvalue weighted by Crippen LogP contribution is -2.33. The number of ketones is 1. The molecule has 1 saturated carbocycles. The first kappa shape index (κ1) is 20.4. The molecule has 0 amide bonds. The molecule has 4 aromatic rings. The van der Waals surface area contributed by atoms with E-state index in [4.69, 9.17) is 0 Å². The zero-order valence-corrected chi connectivity index (χ0v) is 19.0. The van der Waals surface area contributed by atoms with E-state index >= 15 is 0 Å². The highest BCUT2D eigenvalue weighted by Gasteiger charge is 2.32. The minimum atomic E-state index is 0.165. The number of hydrogen-bond acceptors (Lipinski definition) is 5.